The zero-order chi connectivity index (χ0) is 25.1. The molecule has 40 heavy (non-hydrogen) atoms. The van der Waals surface area contributed by atoms with Crippen LogP contribution in [-0.4, -0.2) is 53.7 Å². The van der Waals surface area contributed by atoms with Crippen LogP contribution in [0.4, 0.5) is 10.3 Å². The summed E-state index contributed by atoms with van der Waals surface area (Å²) in [6, 6.07) is 21.1. The van der Waals surface area contributed by atoms with Crippen LogP contribution in [0, 0.1) is 0 Å². The average molecular weight is 608 g/mol. The predicted molar refractivity (Wildman–Crippen MR) is 171 cm³/mol. The van der Waals surface area contributed by atoms with Gasteiger partial charge in [-0.25, -0.2) is 15.0 Å². The van der Waals surface area contributed by atoms with Gasteiger partial charge >= 0.3 is 0 Å². The molecule has 0 amide bonds. The van der Waals surface area contributed by atoms with E-state index in [2.05, 4.69) is 86.2 Å². The SMILES string of the molecule is Cl.Cl.c1ccc2c(c1)CN(c1nc3ccc(C4=NCCN4)cc3s1)/C2=N/c1nc2ccc(C3=NCCN3)cc2s1. The highest BCUT2D eigenvalue weighted by Gasteiger charge is 2.29. The second kappa shape index (κ2) is 10.8. The number of amidine groups is 3. The minimum Gasteiger partial charge on any atom is -0.368 e. The number of hydrogen-bond donors (Lipinski definition) is 2. The Bertz CT molecular complexity index is 1840. The number of aromatic nitrogens is 2. The topological polar surface area (TPSA) is 90.2 Å². The minimum atomic E-state index is 0. The Morgan fingerprint density at radius 1 is 0.750 bits per heavy atom. The summed E-state index contributed by atoms with van der Waals surface area (Å²) in [7, 11) is 0. The van der Waals surface area contributed by atoms with E-state index in [0.29, 0.717) is 0 Å². The lowest BCUT2D eigenvalue weighted by Crippen LogP contribution is -2.23. The third-order valence-corrected chi connectivity index (χ3v) is 8.88. The molecule has 0 unspecified atom stereocenters. The summed E-state index contributed by atoms with van der Waals surface area (Å²) >= 11 is 3.29. The van der Waals surface area contributed by atoms with Gasteiger partial charge in [-0.15, -0.1) is 24.8 Å². The Labute approximate surface area is 250 Å². The molecule has 8 rings (SSSR count). The number of halogens is 2. The van der Waals surface area contributed by atoms with Gasteiger partial charge in [0.1, 0.15) is 17.5 Å². The van der Waals surface area contributed by atoms with Crippen molar-refractivity contribution < 1.29 is 0 Å². The number of fused-ring (bicyclic) bond motifs is 3. The zero-order valence-corrected chi connectivity index (χ0v) is 24.4. The van der Waals surface area contributed by atoms with Crippen molar-refractivity contribution in [2.45, 2.75) is 6.54 Å². The summed E-state index contributed by atoms with van der Waals surface area (Å²) in [4.78, 5) is 26.3. The molecule has 0 saturated carbocycles. The molecule has 3 aliphatic rings. The van der Waals surface area contributed by atoms with Crippen molar-refractivity contribution in [3.05, 3.63) is 82.9 Å². The highest BCUT2D eigenvalue weighted by atomic mass is 35.5. The van der Waals surface area contributed by atoms with Crippen molar-refractivity contribution in [1.82, 2.24) is 20.6 Å². The molecule has 0 bridgehead atoms. The summed E-state index contributed by atoms with van der Waals surface area (Å²) < 4.78 is 2.24. The number of anilines is 1. The largest absolute Gasteiger partial charge is 0.368 e. The van der Waals surface area contributed by atoms with E-state index in [1.807, 2.05) is 0 Å². The van der Waals surface area contributed by atoms with E-state index in [1.165, 1.54) is 5.56 Å². The molecule has 8 nitrogen and oxygen atoms in total. The zero-order valence-electron chi connectivity index (χ0n) is 21.1. The number of nitrogens with one attached hydrogen (secondary N) is 2. The van der Waals surface area contributed by atoms with Gasteiger partial charge in [0.25, 0.3) is 0 Å². The van der Waals surface area contributed by atoms with E-state index >= 15 is 0 Å². The predicted octanol–water partition coefficient (Wildman–Crippen LogP) is 5.55. The van der Waals surface area contributed by atoms with Gasteiger partial charge in [-0.1, -0.05) is 46.9 Å². The molecule has 0 saturated heterocycles. The fourth-order valence-electron chi connectivity index (χ4n) is 5.10. The molecule has 2 aromatic heterocycles. The van der Waals surface area contributed by atoms with E-state index in [4.69, 9.17) is 15.0 Å². The summed E-state index contributed by atoms with van der Waals surface area (Å²) in [5, 5.41) is 8.39. The Hall–Kier alpha value is -3.57. The lowest BCUT2D eigenvalue weighted by Gasteiger charge is -2.14. The van der Waals surface area contributed by atoms with Gasteiger partial charge in [0.15, 0.2) is 5.13 Å². The number of aliphatic imine (C=N–C) groups is 3. The number of benzene rings is 3. The van der Waals surface area contributed by atoms with E-state index in [1.54, 1.807) is 22.7 Å². The van der Waals surface area contributed by atoms with Crippen LogP contribution in [0.5, 0.6) is 0 Å². The van der Waals surface area contributed by atoms with E-state index in [0.717, 1.165) is 97.6 Å². The second-order valence-corrected chi connectivity index (χ2v) is 11.4. The van der Waals surface area contributed by atoms with Gasteiger partial charge in [0, 0.05) is 29.8 Å². The van der Waals surface area contributed by atoms with Gasteiger partial charge in [-0.3, -0.25) is 14.9 Å². The monoisotopic (exact) mass is 606 g/mol. The molecular weight excluding hydrogens is 583 g/mol. The maximum Gasteiger partial charge on any atom is 0.212 e. The quantitative estimate of drug-likeness (QED) is 0.280. The average Bonchev–Trinajstić information content (AvgIpc) is 3.77. The fraction of sp³-hybridized carbons (Fsp3) is 0.179. The Balaban J connectivity index is 0.00000145. The third-order valence-electron chi connectivity index (χ3n) is 6.92. The molecule has 12 heteroatoms. The second-order valence-electron chi connectivity index (χ2n) is 9.35. The minimum absolute atomic E-state index is 0. The summed E-state index contributed by atoms with van der Waals surface area (Å²) in [6.45, 7) is 4.17. The molecule has 0 fully saturated rings. The van der Waals surface area contributed by atoms with Crippen molar-refractivity contribution >= 4 is 95.7 Å². The molecule has 2 N–H and O–H groups in total. The molecule has 0 spiro atoms. The van der Waals surface area contributed by atoms with Gasteiger partial charge in [-0.2, -0.15) is 0 Å². The van der Waals surface area contributed by atoms with Crippen molar-refractivity contribution in [2.24, 2.45) is 15.0 Å². The first-order chi connectivity index (χ1) is 18.8. The molecule has 0 aliphatic carbocycles. The van der Waals surface area contributed by atoms with Crippen LogP contribution in [-0.2, 0) is 6.54 Å². The van der Waals surface area contributed by atoms with Crippen LogP contribution in [0.1, 0.15) is 22.3 Å². The lowest BCUT2D eigenvalue weighted by molar-refractivity contribution is 0.960. The third kappa shape index (κ3) is 4.60. The first-order valence-corrected chi connectivity index (χ1v) is 14.2. The van der Waals surface area contributed by atoms with Crippen molar-refractivity contribution in [3.8, 4) is 0 Å². The van der Waals surface area contributed by atoms with Crippen LogP contribution >= 0.6 is 47.5 Å². The van der Waals surface area contributed by atoms with Gasteiger partial charge in [-0.05, 0) is 42.0 Å². The number of nitrogens with zero attached hydrogens (tertiary/aromatic N) is 6. The molecule has 202 valence electrons. The van der Waals surface area contributed by atoms with E-state index in [9.17, 15) is 0 Å². The number of thiazole rings is 2. The molecular formula is C28H24Cl2N8S2. The van der Waals surface area contributed by atoms with Gasteiger partial charge in [0.2, 0.25) is 5.13 Å². The summed E-state index contributed by atoms with van der Waals surface area (Å²) in [5.41, 5.74) is 6.50. The smallest absolute Gasteiger partial charge is 0.212 e. The molecule has 5 heterocycles. The van der Waals surface area contributed by atoms with E-state index < -0.39 is 0 Å². The molecule has 0 radical (unpaired) electrons. The molecule has 3 aromatic carbocycles. The van der Waals surface area contributed by atoms with Crippen LogP contribution in [0.25, 0.3) is 20.4 Å². The maximum atomic E-state index is 5.11. The normalized spacial score (nSPS) is 16.8. The first-order valence-electron chi connectivity index (χ1n) is 12.6. The standard InChI is InChI=1S/C28H22N8S2.2ClH/c1-2-4-19-18(3-1)15-36(28-34-21-8-6-17(14-23(21)38-28)25-31-11-12-32-25)26(19)35-27-33-20-7-5-16(13-22(20)37-27)24-29-9-10-30-24;;/h1-8,13-14H,9-12,15H2,(H,29,30)(H,31,32);2*1H/b35-26+;;. The van der Waals surface area contributed by atoms with E-state index in [-0.39, 0.29) is 24.8 Å². The van der Waals surface area contributed by atoms with Crippen molar-refractivity contribution in [3.63, 3.8) is 0 Å². The highest BCUT2D eigenvalue weighted by Crippen LogP contribution is 2.37. The van der Waals surface area contributed by atoms with Crippen molar-refractivity contribution in [2.75, 3.05) is 31.1 Å². The Kier molecular flexibility index (Phi) is 7.18. The fourth-order valence-corrected chi connectivity index (χ4v) is 6.98. The molecule has 0 atom stereocenters. The van der Waals surface area contributed by atoms with Crippen LogP contribution < -0.4 is 15.5 Å². The van der Waals surface area contributed by atoms with Gasteiger partial charge in [0.05, 0.1) is 40.1 Å². The molecule has 5 aromatic rings. The lowest BCUT2D eigenvalue weighted by atomic mass is 10.1. The summed E-state index contributed by atoms with van der Waals surface area (Å²) in [5.74, 6) is 2.81. The molecule has 3 aliphatic heterocycles. The Morgan fingerprint density at radius 3 is 2.08 bits per heavy atom. The van der Waals surface area contributed by atoms with Crippen LogP contribution in [0.15, 0.2) is 75.6 Å². The number of rotatable bonds is 4. The van der Waals surface area contributed by atoms with Crippen LogP contribution in [0.3, 0.4) is 0 Å². The highest BCUT2D eigenvalue weighted by molar-refractivity contribution is 7.22. The van der Waals surface area contributed by atoms with Gasteiger partial charge < -0.3 is 10.6 Å². The maximum absolute atomic E-state index is 5.11. The summed E-state index contributed by atoms with van der Waals surface area (Å²) in [6.07, 6.45) is 0. The first kappa shape index (κ1) is 26.6. The number of hydrogen-bond acceptors (Lipinski definition) is 9. The van der Waals surface area contributed by atoms with Crippen LogP contribution in [0.2, 0.25) is 0 Å². The Morgan fingerprint density at radius 2 is 1.40 bits per heavy atom. The van der Waals surface area contributed by atoms with Crippen molar-refractivity contribution in [1.29, 1.82) is 0 Å².